The Kier molecular flexibility index (Phi) is 11.5. The van der Waals surface area contributed by atoms with Crippen molar-refractivity contribution in [1.29, 1.82) is 0 Å². The first-order valence-electron chi connectivity index (χ1n) is 16.4. The summed E-state index contributed by atoms with van der Waals surface area (Å²) in [5.41, 5.74) is -3.05. The number of hydrogen-bond acceptors (Lipinski definition) is 8. The Hall–Kier alpha value is -4.80. The fourth-order valence-electron chi connectivity index (χ4n) is 5.78. The van der Waals surface area contributed by atoms with E-state index < -0.39 is 66.7 Å². The molecule has 10 nitrogen and oxygen atoms in total. The lowest BCUT2D eigenvalue weighted by atomic mass is 10.0. The predicted octanol–water partition coefficient (Wildman–Crippen LogP) is 8.82. The average molecular weight is 781 g/mol. The Bertz CT molecular complexity index is 2050. The van der Waals surface area contributed by atoms with Crippen molar-refractivity contribution in [2.45, 2.75) is 50.9 Å². The highest BCUT2D eigenvalue weighted by molar-refractivity contribution is 7.52. The SMILES string of the molecule is C[C@@H](O[C@H]1OCCN(c2n[nH]c(=O)n2P(=O)(OCc2ccccc2)OCc2ccccc2)[C@H]1c1ccc(F)cc1)c1cc(C(F)(F)F)cc(C(F)(F)F)c1. The fraction of sp³-hybridized carbons (Fsp3) is 0.278. The monoisotopic (exact) mass is 780 g/mol. The Balaban J connectivity index is 1.40. The molecule has 2 heterocycles. The zero-order chi connectivity index (χ0) is 38.7. The summed E-state index contributed by atoms with van der Waals surface area (Å²) in [6, 6.07) is 22.1. The van der Waals surface area contributed by atoms with Gasteiger partial charge in [0.15, 0.2) is 6.29 Å². The van der Waals surface area contributed by atoms with Crippen LogP contribution in [0.5, 0.6) is 0 Å². The van der Waals surface area contributed by atoms with Gasteiger partial charge in [-0.25, -0.2) is 18.8 Å². The van der Waals surface area contributed by atoms with Gasteiger partial charge < -0.3 is 14.4 Å². The number of aromatic nitrogens is 3. The topological polar surface area (TPSA) is 108 Å². The third kappa shape index (κ3) is 8.93. The molecule has 6 rings (SSSR count). The number of aromatic amines is 1. The molecular weight excluding hydrogens is 748 g/mol. The van der Waals surface area contributed by atoms with E-state index in [2.05, 4.69) is 10.2 Å². The van der Waals surface area contributed by atoms with Crippen molar-refractivity contribution in [2.75, 3.05) is 18.1 Å². The van der Waals surface area contributed by atoms with E-state index in [1.807, 2.05) is 0 Å². The normalized spacial score (nSPS) is 17.4. The summed E-state index contributed by atoms with van der Waals surface area (Å²) < 4.78 is 136. The van der Waals surface area contributed by atoms with E-state index in [9.17, 15) is 40.1 Å². The summed E-state index contributed by atoms with van der Waals surface area (Å²) in [4.78, 5) is 14.9. The van der Waals surface area contributed by atoms with E-state index in [1.165, 1.54) is 24.0 Å². The number of hydrogen-bond donors (Lipinski definition) is 1. The second-order valence-corrected chi connectivity index (χ2v) is 14.0. The molecule has 1 fully saturated rings. The van der Waals surface area contributed by atoms with Gasteiger partial charge in [0, 0.05) is 6.54 Å². The molecule has 54 heavy (non-hydrogen) atoms. The van der Waals surface area contributed by atoms with Crippen molar-refractivity contribution in [3.8, 4) is 0 Å². The number of benzene rings is 4. The van der Waals surface area contributed by atoms with Crippen LogP contribution in [0.25, 0.3) is 0 Å². The van der Waals surface area contributed by atoms with Gasteiger partial charge in [0.25, 0.3) is 0 Å². The van der Waals surface area contributed by atoms with Crippen LogP contribution in [0.3, 0.4) is 0 Å². The number of morpholine rings is 1. The molecule has 3 atom stereocenters. The quantitative estimate of drug-likeness (QED) is 0.0990. The second kappa shape index (κ2) is 15.9. The van der Waals surface area contributed by atoms with E-state index in [4.69, 9.17) is 18.5 Å². The summed E-state index contributed by atoms with van der Waals surface area (Å²) in [6.07, 6.45) is -13.1. The highest BCUT2D eigenvalue weighted by Crippen LogP contribution is 2.53. The molecule has 1 aliphatic rings. The van der Waals surface area contributed by atoms with Crippen LogP contribution in [0.15, 0.2) is 108 Å². The van der Waals surface area contributed by atoms with Crippen LogP contribution in [-0.2, 0) is 48.7 Å². The van der Waals surface area contributed by atoms with Crippen molar-refractivity contribution in [3.63, 3.8) is 0 Å². The third-order valence-electron chi connectivity index (χ3n) is 8.45. The molecule has 1 saturated heterocycles. The fourth-order valence-corrected chi connectivity index (χ4v) is 7.35. The van der Waals surface area contributed by atoms with E-state index >= 15 is 0 Å². The molecule has 0 spiro atoms. The maximum atomic E-state index is 14.8. The third-order valence-corrected chi connectivity index (χ3v) is 10.2. The number of anilines is 1. The summed E-state index contributed by atoms with van der Waals surface area (Å²) in [7, 11) is -4.65. The van der Waals surface area contributed by atoms with Gasteiger partial charge in [0.05, 0.1) is 37.1 Å². The van der Waals surface area contributed by atoms with Crippen LogP contribution in [0.2, 0.25) is 0 Å². The second-order valence-electron chi connectivity index (χ2n) is 12.2. The minimum absolute atomic E-state index is 0.00520. The minimum atomic E-state index is -5.10. The van der Waals surface area contributed by atoms with E-state index in [-0.39, 0.29) is 43.9 Å². The van der Waals surface area contributed by atoms with Crippen molar-refractivity contribution < 1.29 is 53.8 Å². The van der Waals surface area contributed by atoms with Gasteiger partial charge in [0.1, 0.15) is 11.9 Å². The van der Waals surface area contributed by atoms with Crippen molar-refractivity contribution in [2.24, 2.45) is 0 Å². The summed E-state index contributed by atoms with van der Waals surface area (Å²) in [6.45, 7) is 0.489. The van der Waals surface area contributed by atoms with Crippen molar-refractivity contribution in [1.82, 2.24) is 14.5 Å². The molecule has 0 aliphatic carbocycles. The largest absolute Gasteiger partial charge is 0.446 e. The molecule has 1 N–H and O–H groups in total. The van der Waals surface area contributed by atoms with Gasteiger partial charge in [-0.05, 0) is 59.5 Å². The number of rotatable bonds is 12. The first-order valence-corrected chi connectivity index (χ1v) is 17.9. The lowest BCUT2D eigenvalue weighted by Gasteiger charge is -2.42. The average Bonchev–Trinajstić information content (AvgIpc) is 3.55. The van der Waals surface area contributed by atoms with E-state index in [0.717, 1.165) is 12.1 Å². The van der Waals surface area contributed by atoms with Crippen LogP contribution >= 0.6 is 7.75 Å². The molecule has 0 bridgehead atoms. The summed E-state index contributed by atoms with van der Waals surface area (Å²) in [5.74, 6) is -0.914. The molecule has 4 aromatic carbocycles. The smallest absolute Gasteiger partial charge is 0.348 e. The molecule has 18 heteroatoms. The highest BCUT2D eigenvalue weighted by Gasteiger charge is 2.43. The number of alkyl halides is 6. The maximum absolute atomic E-state index is 14.8. The lowest BCUT2D eigenvalue weighted by molar-refractivity contribution is -0.192. The van der Waals surface area contributed by atoms with Crippen molar-refractivity contribution in [3.05, 3.63) is 153 Å². The van der Waals surface area contributed by atoms with Gasteiger partial charge in [-0.15, -0.1) is 5.10 Å². The molecule has 1 aromatic heterocycles. The molecule has 286 valence electrons. The van der Waals surface area contributed by atoms with Gasteiger partial charge in [-0.2, -0.15) is 30.7 Å². The number of ether oxygens (including phenoxy) is 2. The Labute approximate surface area is 303 Å². The molecule has 5 aromatic rings. The highest BCUT2D eigenvalue weighted by atomic mass is 31.2. The van der Waals surface area contributed by atoms with Crippen molar-refractivity contribution >= 4 is 13.7 Å². The van der Waals surface area contributed by atoms with Gasteiger partial charge in [-0.3, -0.25) is 9.05 Å². The molecule has 0 unspecified atom stereocenters. The minimum Gasteiger partial charge on any atom is -0.348 e. The Morgan fingerprint density at radius 3 is 1.91 bits per heavy atom. The Morgan fingerprint density at radius 1 is 0.852 bits per heavy atom. The van der Waals surface area contributed by atoms with Crippen LogP contribution in [0.4, 0.5) is 36.7 Å². The maximum Gasteiger partial charge on any atom is 0.446 e. The molecule has 0 amide bonds. The lowest BCUT2D eigenvalue weighted by Crippen LogP contribution is -2.48. The Morgan fingerprint density at radius 2 is 1.39 bits per heavy atom. The molecule has 1 aliphatic heterocycles. The summed E-state index contributed by atoms with van der Waals surface area (Å²) in [5, 5.41) is 6.41. The summed E-state index contributed by atoms with van der Waals surface area (Å²) >= 11 is 0. The number of H-pyrrole nitrogens is 1. The predicted molar refractivity (Wildman–Crippen MR) is 180 cm³/mol. The van der Waals surface area contributed by atoms with Crippen LogP contribution in [0.1, 0.15) is 52.5 Å². The number of halogens is 7. The first kappa shape index (κ1) is 38.9. The van der Waals surface area contributed by atoms with Crippen LogP contribution in [0, 0.1) is 5.82 Å². The molecular formula is C36H32F7N4O6P. The first-order chi connectivity index (χ1) is 25.6. The standard InChI is InChI=1S/C36H32F7N4O6P/c1-23(27-18-28(35(38,39)40)20-29(19-27)36(41,42)43)53-32-31(26-12-14-30(37)15-13-26)46(16-17-50-32)33-44-45-34(48)47(33)54(49,51-21-24-8-4-2-5-9-24)52-22-25-10-6-3-7-11-25/h2-15,18-20,23,31-32H,16-17,21-22H2,1H3,(H,45,48)/t23-,31+,32-/m1/s1. The van der Waals surface area contributed by atoms with Crippen LogP contribution in [-0.4, -0.2) is 34.0 Å². The number of nitrogens with zero attached hydrogens (tertiary/aromatic N) is 3. The van der Waals surface area contributed by atoms with Gasteiger partial charge in [0.2, 0.25) is 5.95 Å². The van der Waals surface area contributed by atoms with E-state index in [1.54, 1.807) is 60.7 Å². The van der Waals surface area contributed by atoms with E-state index in [0.29, 0.717) is 27.6 Å². The van der Waals surface area contributed by atoms with Crippen LogP contribution < -0.4 is 10.6 Å². The van der Waals surface area contributed by atoms with Gasteiger partial charge >= 0.3 is 25.8 Å². The number of nitrogens with one attached hydrogen (secondary N) is 1. The van der Waals surface area contributed by atoms with Gasteiger partial charge in [-0.1, -0.05) is 72.8 Å². The zero-order valence-electron chi connectivity index (χ0n) is 28.3. The molecule has 0 radical (unpaired) electrons. The molecule has 0 saturated carbocycles. The zero-order valence-corrected chi connectivity index (χ0v) is 29.2.